The highest BCUT2D eigenvalue weighted by Gasteiger charge is 2.18. The van der Waals surface area contributed by atoms with Crippen LogP contribution in [0, 0.1) is 6.92 Å². The molecule has 1 atom stereocenters. The number of nitrogens with one attached hydrogen (secondary N) is 2. The van der Waals surface area contributed by atoms with E-state index in [1.165, 1.54) is 6.26 Å². The van der Waals surface area contributed by atoms with Gasteiger partial charge in [0.15, 0.2) is 5.76 Å². The first-order chi connectivity index (χ1) is 9.19. The fourth-order valence-electron chi connectivity index (χ4n) is 1.49. The van der Waals surface area contributed by atoms with Crippen molar-refractivity contribution in [3.63, 3.8) is 0 Å². The van der Waals surface area contributed by atoms with E-state index in [1.807, 2.05) is 0 Å². The number of amides is 2. The van der Waals surface area contributed by atoms with Gasteiger partial charge >= 0.3 is 6.09 Å². The van der Waals surface area contributed by atoms with E-state index in [2.05, 4.69) is 10.6 Å². The average molecular weight is 282 g/mol. The molecule has 20 heavy (non-hydrogen) atoms. The molecule has 1 aromatic heterocycles. The summed E-state index contributed by atoms with van der Waals surface area (Å²) in [7, 11) is 0. The Bertz CT molecular complexity index is 474. The van der Waals surface area contributed by atoms with Crippen molar-refractivity contribution >= 4 is 12.0 Å². The Hall–Kier alpha value is -1.98. The monoisotopic (exact) mass is 282 g/mol. The van der Waals surface area contributed by atoms with E-state index in [0.29, 0.717) is 0 Å². The van der Waals surface area contributed by atoms with Crippen molar-refractivity contribution in [2.24, 2.45) is 0 Å². The van der Waals surface area contributed by atoms with Crippen molar-refractivity contribution < 1.29 is 18.7 Å². The molecule has 0 aliphatic heterocycles. The second-order valence-corrected chi connectivity index (χ2v) is 5.69. The van der Waals surface area contributed by atoms with Gasteiger partial charge in [-0.25, -0.2) is 4.79 Å². The maximum absolute atomic E-state index is 11.8. The summed E-state index contributed by atoms with van der Waals surface area (Å²) in [6.45, 7) is 9.23. The summed E-state index contributed by atoms with van der Waals surface area (Å²) < 4.78 is 10.2. The lowest BCUT2D eigenvalue weighted by molar-refractivity contribution is 0.0506. The average Bonchev–Trinajstić information content (AvgIpc) is 2.69. The van der Waals surface area contributed by atoms with E-state index in [4.69, 9.17) is 9.15 Å². The zero-order valence-corrected chi connectivity index (χ0v) is 12.6. The number of alkyl carbamates (subject to hydrolysis) is 1. The maximum Gasteiger partial charge on any atom is 0.407 e. The number of rotatable bonds is 4. The van der Waals surface area contributed by atoms with Gasteiger partial charge in [0.25, 0.3) is 5.91 Å². The molecule has 6 nitrogen and oxygen atoms in total. The molecule has 1 aromatic rings. The van der Waals surface area contributed by atoms with Crippen LogP contribution in [-0.4, -0.2) is 30.2 Å². The Kier molecular flexibility index (Phi) is 5.19. The van der Waals surface area contributed by atoms with Crippen LogP contribution >= 0.6 is 0 Å². The van der Waals surface area contributed by atoms with Crippen molar-refractivity contribution in [1.29, 1.82) is 0 Å². The molecule has 0 radical (unpaired) electrons. The second kappa shape index (κ2) is 6.45. The molecule has 2 N–H and O–H groups in total. The number of ether oxygens (including phenoxy) is 1. The van der Waals surface area contributed by atoms with Crippen LogP contribution in [0.5, 0.6) is 0 Å². The van der Waals surface area contributed by atoms with E-state index in [9.17, 15) is 9.59 Å². The quantitative estimate of drug-likeness (QED) is 0.887. The Morgan fingerprint density at radius 1 is 1.40 bits per heavy atom. The van der Waals surface area contributed by atoms with Gasteiger partial charge in [0, 0.05) is 18.2 Å². The highest BCUT2D eigenvalue weighted by Crippen LogP contribution is 2.08. The Morgan fingerprint density at radius 3 is 2.55 bits per heavy atom. The topological polar surface area (TPSA) is 80.6 Å². The number of hydrogen-bond acceptors (Lipinski definition) is 4. The predicted octanol–water partition coefficient (Wildman–Crippen LogP) is 2.23. The van der Waals surface area contributed by atoms with Crippen molar-refractivity contribution in [3.8, 4) is 0 Å². The van der Waals surface area contributed by atoms with Gasteiger partial charge in [-0.05, 0) is 40.7 Å². The molecule has 0 saturated carbocycles. The Morgan fingerprint density at radius 2 is 2.05 bits per heavy atom. The molecule has 0 saturated heterocycles. The summed E-state index contributed by atoms with van der Waals surface area (Å²) in [5.74, 6) is -0.0141. The molecular weight excluding hydrogens is 260 g/mol. The number of carbonyl (C=O) groups excluding carboxylic acids is 2. The molecule has 0 aliphatic rings. The van der Waals surface area contributed by atoms with Gasteiger partial charge in [-0.3, -0.25) is 4.79 Å². The van der Waals surface area contributed by atoms with Crippen LogP contribution in [0.25, 0.3) is 0 Å². The standard InChI is InChI=1S/C14H22N2O4/c1-9-6-7-19-11(9)12(17)15-8-10(2)16-13(18)20-14(3,4)5/h6-7,10H,8H2,1-5H3,(H,15,17)(H,16,18). The summed E-state index contributed by atoms with van der Waals surface area (Å²) in [6, 6.07) is 1.47. The Labute approximate surface area is 118 Å². The molecule has 1 heterocycles. The molecular formula is C14H22N2O4. The van der Waals surface area contributed by atoms with Gasteiger partial charge in [0.2, 0.25) is 0 Å². The third-order valence-corrected chi connectivity index (χ3v) is 2.40. The smallest absolute Gasteiger partial charge is 0.407 e. The fourth-order valence-corrected chi connectivity index (χ4v) is 1.49. The molecule has 6 heteroatoms. The van der Waals surface area contributed by atoms with E-state index in [1.54, 1.807) is 40.7 Å². The third-order valence-electron chi connectivity index (χ3n) is 2.40. The zero-order valence-electron chi connectivity index (χ0n) is 12.6. The normalized spacial score (nSPS) is 12.7. The lowest BCUT2D eigenvalue weighted by Crippen LogP contribution is -2.43. The van der Waals surface area contributed by atoms with Crippen LogP contribution in [-0.2, 0) is 4.74 Å². The molecule has 1 rings (SSSR count). The summed E-state index contributed by atoms with van der Waals surface area (Å²) in [4.78, 5) is 23.3. The first-order valence-corrected chi connectivity index (χ1v) is 6.51. The molecule has 112 valence electrons. The van der Waals surface area contributed by atoms with Gasteiger partial charge in [0.05, 0.1) is 6.26 Å². The van der Waals surface area contributed by atoms with Gasteiger partial charge in [0.1, 0.15) is 5.60 Å². The highest BCUT2D eigenvalue weighted by molar-refractivity contribution is 5.92. The fraction of sp³-hybridized carbons (Fsp3) is 0.571. The van der Waals surface area contributed by atoms with E-state index < -0.39 is 11.7 Å². The number of furan rings is 1. The minimum atomic E-state index is -0.543. The number of hydrogen-bond donors (Lipinski definition) is 2. The molecule has 0 bridgehead atoms. The second-order valence-electron chi connectivity index (χ2n) is 5.69. The molecule has 1 unspecified atom stereocenters. The summed E-state index contributed by atoms with van der Waals surface area (Å²) in [6.07, 6.45) is 0.959. The largest absolute Gasteiger partial charge is 0.459 e. The molecule has 0 spiro atoms. The van der Waals surface area contributed by atoms with E-state index in [0.717, 1.165) is 5.56 Å². The van der Waals surface area contributed by atoms with Gasteiger partial charge in [-0.15, -0.1) is 0 Å². The SMILES string of the molecule is Cc1ccoc1C(=O)NCC(C)NC(=O)OC(C)(C)C. The van der Waals surface area contributed by atoms with Crippen LogP contribution in [0.1, 0.15) is 43.8 Å². The number of aryl methyl sites for hydroxylation is 1. The van der Waals surface area contributed by atoms with Crippen molar-refractivity contribution in [3.05, 3.63) is 23.7 Å². The molecule has 0 fully saturated rings. The zero-order chi connectivity index (χ0) is 15.3. The van der Waals surface area contributed by atoms with Gasteiger partial charge in [-0.1, -0.05) is 0 Å². The third kappa shape index (κ3) is 5.34. The van der Waals surface area contributed by atoms with Crippen LogP contribution in [0.4, 0.5) is 4.79 Å². The first-order valence-electron chi connectivity index (χ1n) is 6.51. The van der Waals surface area contributed by atoms with Crippen molar-refractivity contribution in [1.82, 2.24) is 10.6 Å². The molecule has 0 aromatic carbocycles. The van der Waals surface area contributed by atoms with Crippen molar-refractivity contribution in [2.45, 2.75) is 46.3 Å². The molecule has 0 aliphatic carbocycles. The minimum Gasteiger partial charge on any atom is -0.459 e. The number of carbonyl (C=O) groups is 2. The van der Waals surface area contributed by atoms with Crippen LogP contribution in [0.15, 0.2) is 16.7 Å². The summed E-state index contributed by atoms with van der Waals surface area (Å²) in [5.41, 5.74) is 0.230. The molecule has 2 amide bonds. The highest BCUT2D eigenvalue weighted by atomic mass is 16.6. The van der Waals surface area contributed by atoms with E-state index in [-0.39, 0.29) is 24.3 Å². The van der Waals surface area contributed by atoms with Crippen LogP contribution in [0.2, 0.25) is 0 Å². The summed E-state index contributed by atoms with van der Waals surface area (Å²) >= 11 is 0. The van der Waals surface area contributed by atoms with Crippen LogP contribution < -0.4 is 10.6 Å². The predicted molar refractivity (Wildman–Crippen MR) is 74.6 cm³/mol. The van der Waals surface area contributed by atoms with Crippen molar-refractivity contribution in [2.75, 3.05) is 6.54 Å². The van der Waals surface area contributed by atoms with Crippen LogP contribution in [0.3, 0.4) is 0 Å². The first kappa shape index (κ1) is 16.1. The van der Waals surface area contributed by atoms with E-state index >= 15 is 0 Å². The maximum atomic E-state index is 11.8. The summed E-state index contributed by atoms with van der Waals surface area (Å²) in [5, 5.41) is 5.34. The van der Waals surface area contributed by atoms with Gasteiger partial charge < -0.3 is 19.8 Å². The minimum absolute atomic E-state index is 0.246. The lowest BCUT2D eigenvalue weighted by Gasteiger charge is -2.22. The Balaban J connectivity index is 2.37. The van der Waals surface area contributed by atoms with Gasteiger partial charge in [-0.2, -0.15) is 0 Å². The lowest BCUT2D eigenvalue weighted by atomic mass is 10.2.